The molecule has 0 atom stereocenters. The first kappa shape index (κ1) is 17.3. The molecule has 0 fully saturated rings. The van der Waals surface area contributed by atoms with Crippen LogP contribution in [0.2, 0.25) is 0 Å². The number of rotatable bonds is 5. The summed E-state index contributed by atoms with van der Waals surface area (Å²) in [6.45, 7) is 0.945. The van der Waals surface area contributed by atoms with Crippen molar-refractivity contribution in [3.63, 3.8) is 0 Å². The second-order valence-electron chi connectivity index (χ2n) is 6.61. The van der Waals surface area contributed by atoms with Crippen LogP contribution in [0, 0.1) is 0 Å². The topological polar surface area (TPSA) is 35.9 Å². The van der Waals surface area contributed by atoms with Crippen LogP contribution in [-0.2, 0) is 13.0 Å². The number of ether oxygens (including phenoxy) is 3. The van der Waals surface area contributed by atoms with Crippen molar-refractivity contribution in [2.45, 2.75) is 13.0 Å². The van der Waals surface area contributed by atoms with Gasteiger partial charge in [-0.15, -0.1) is 0 Å². The Bertz CT molecular complexity index is 995. The zero-order chi connectivity index (χ0) is 19.0. The van der Waals surface area contributed by atoms with E-state index in [0.717, 1.165) is 24.3 Å². The minimum Gasteiger partial charge on any atom is -0.493 e. The third kappa shape index (κ3) is 2.89. The highest BCUT2D eigenvalue weighted by atomic mass is 16.5. The summed E-state index contributed by atoms with van der Waals surface area (Å²) in [6.07, 6.45) is 5.45. The van der Waals surface area contributed by atoms with Gasteiger partial charge >= 0.3 is 0 Å². The summed E-state index contributed by atoms with van der Waals surface area (Å²) in [5, 5.41) is 1.26. The van der Waals surface area contributed by atoms with E-state index in [4.69, 9.17) is 14.2 Å². The molecule has 4 rings (SSSR count). The lowest BCUT2D eigenvalue weighted by Crippen LogP contribution is -2.10. The van der Waals surface area contributed by atoms with Gasteiger partial charge in [-0.2, -0.15) is 0 Å². The van der Waals surface area contributed by atoms with Crippen LogP contribution < -0.4 is 19.1 Å². The quantitative estimate of drug-likeness (QED) is 0.623. The standard InChI is InChI=1S/C22H24N2O3/c1-23(18-13-20(25-2)22(27-4)21(14-18)26-3)16-8-9-19-15(11-16)12-17-7-5-6-10-24(17)19/h5-6,8-9,11-14H,7,10H2,1-4H3. The highest BCUT2D eigenvalue weighted by Crippen LogP contribution is 2.42. The molecule has 0 radical (unpaired) electrons. The SMILES string of the molecule is COc1cc(N(C)c2ccc3c(c2)cc2n3CC=CC2)cc(OC)c1OC. The van der Waals surface area contributed by atoms with Gasteiger partial charge < -0.3 is 23.7 Å². The monoisotopic (exact) mass is 364 g/mol. The van der Waals surface area contributed by atoms with E-state index in [1.807, 2.05) is 19.2 Å². The largest absolute Gasteiger partial charge is 0.493 e. The van der Waals surface area contributed by atoms with Gasteiger partial charge in [-0.25, -0.2) is 0 Å². The number of nitrogens with zero attached hydrogens (tertiary/aromatic N) is 2. The first-order valence-electron chi connectivity index (χ1n) is 8.97. The summed E-state index contributed by atoms with van der Waals surface area (Å²) in [4.78, 5) is 2.12. The highest BCUT2D eigenvalue weighted by molar-refractivity contribution is 5.86. The molecular weight excluding hydrogens is 340 g/mol. The number of methoxy groups -OCH3 is 3. The summed E-state index contributed by atoms with van der Waals surface area (Å²) in [6, 6.07) is 12.8. The number of allylic oxidation sites excluding steroid dienone is 2. The molecule has 1 aliphatic rings. The zero-order valence-electron chi connectivity index (χ0n) is 16.2. The number of aromatic nitrogens is 1. The van der Waals surface area contributed by atoms with Crippen molar-refractivity contribution in [3.8, 4) is 17.2 Å². The van der Waals surface area contributed by atoms with Crippen LogP contribution in [0.25, 0.3) is 10.9 Å². The summed E-state index contributed by atoms with van der Waals surface area (Å²) >= 11 is 0. The Morgan fingerprint density at radius 2 is 1.59 bits per heavy atom. The second kappa shape index (κ2) is 6.91. The number of benzene rings is 2. The van der Waals surface area contributed by atoms with E-state index in [1.165, 1.54) is 16.6 Å². The number of hydrogen-bond acceptors (Lipinski definition) is 4. The zero-order valence-corrected chi connectivity index (χ0v) is 16.2. The Kier molecular flexibility index (Phi) is 4.44. The Hall–Kier alpha value is -3.08. The van der Waals surface area contributed by atoms with Gasteiger partial charge in [0.05, 0.1) is 21.3 Å². The van der Waals surface area contributed by atoms with Crippen molar-refractivity contribution in [2.75, 3.05) is 33.3 Å². The van der Waals surface area contributed by atoms with Gasteiger partial charge in [-0.05, 0) is 24.3 Å². The minimum absolute atomic E-state index is 0.597. The molecule has 0 saturated heterocycles. The maximum atomic E-state index is 5.49. The van der Waals surface area contributed by atoms with Crippen molar-refractivity contribution in [2.24, 2.45) is 0 Å². The molecule has 0 spiro atoms. The Morgan fingerprint density at radius 1 is 0.852 bits per heavy atom. The third-order valence-electron chi connectivity index (χ3n) is 5.18. The van der Waals surface area contributed by atoms with Gasteiger partial charge in [0, 0.05) is 60.1 Å². The van der Waals surface area contributed by atoms with E-state index in [-0.39, 0.29) is 0 Å². The molecule has 0 N–H and O–H groups in total. The van der Waals surface area contributed by atoms with Crippen molar-refractivity contribution < 1.29 is 14.2 Å². The van der Waals surface area contributed by atoms with Crippen LogP contribution in [0.15, 0.2) is 48.6 Å². The van der Waals surface area contributed by atoms with Crippen LogP contribution in [0.4, 0.5) is 11.4 Å². The van der Waals surface area contributed by atoms with Crippen LogP contribution in [-0.4, -0.2) is 32.9 Å². The summed E-state index contributed by atoms with van der Waals surface area (Å²) < 4.78 is 18.8. The average Bonchev–Trinajstić information content (AvgIpc) is 3.09. The molecule has 5 nitrogen and oxygen atoms in total. The summed E-state index contributed by atoms with van der Waals surface area (Å²) in [7, 11) is 6.92. The summed E-state index contributed by atoms with van der Waals surface area (Å²) in [5.41, 5.74) is 4.71. The molecule has 2 aromatic carbocycles. The second-order valence-corrected chi connectivity index (χ2v) is 6.61. The average molecular weight is 364 g/mol. The number of fused-ring (bicyclic) bond motifs is 3. The lowest BCUT2D eigenvalue weighted by atomic mass is 10.2. The normalized spacial score (nSPS) is 12.7. The van der Waals surface area contributed by atoms with Crippen molar-refractivity contribution >= 4 is 22.3 Å². The van der Waals surface area contributed by atoms with E-state index in [2.05, 4.69) is 45.9 Å². The van der Waals surface area contributed by atoms with E-state index >= 15 is 0 Å². The Labute approximate surface area is 159 Å². The van der Waals surface area contributed by atoms with Gasteiger partial charge in [0.1, 0.15) is 0 Å². The maximum absolute atomic E-state index is 5.49. The molecule has 1 aliphatic heterocycles. The molecular formula is C22H24N2O3. The molecule has 140 valence electrons. The van der Waals surface area contributed by atoms with Gasteiger partial charge in [0.15, 0.2) is 11.5 Å². The molecule has 2 heterocycles. The first-order chi connectivity index (χ1) is 13.2. The number of anilines is 2. The molecule has 0 unspecified atom stereocenters. The fourth-order valence-corrected chi connectivity index (χ4v) is 3.70. The predicted molar refractivity (Wildman–Crippen MR) is 109 cm³/mol. The third-order valence-corrected chi connectivity index (χ3v) is 5.18. The summed E-state index contributed by atoms with van der Waals surface area (Å²) in [5.74, 6) is 1.88. The van der Waals surface area contributed by atoms with Crippen LogP contribution in [0.1, 0.15) is 5.69 Å². The Morgan fingerprint density at radius 3 is 2.26 bits per heavy atom. The molecule has 27 heavy (non-hydrogen) atoms. The lowest BCUT2D eigenvalue weighted by molar-refractivity contribution is 0.324. The molecule has 0 amide bonds. The van der Waals surface area contributed by atoms with E-state index < -0.39 is 0 Å². The smallest absolute Gasteiger partial charge is 0.203 e. The molecule has 3 aromatic rings. The molecule has 1 aromatic heterocycles. The maximum Gasteiger partial charge on any atom is 0.203 e. The minimum atomic E-state index is 0.597. The molecule has 0 saturated carbocycles. The van der Waals surface area contributed by atoms with Crippen LogP contribution in [0.5, 0.6) is 17.2 Å². The van der Waals surface area contributed by atoms with Crippen molar-refractivity contribution in [1.29, 1.82) is 0 Å². The van der Waals surface area contributed by atoms with Gasteiger partial charge in [-0.1, -0.05) is 12.2 Å². The highest BCUT2D eigenvalue weighted by Gasteiger charge is 2.17. The van der Waals surface area contributed by atoms with Gasteiger partial charge in [-0.3, -0.25) is 0 Å². The van der Waals surface area contributed by atoms with Crippen LogP contribution in [0.3, 0.4) is 0 Å². The molecule has 5 heteroatoms. The van der Waals surface area contributed by atoms with E-state index in [1.54, 1.807) is 21.3 Å². The van der Waals surface area contributed by atoms with Gasteiger partial charge in [0.2, 0.25) is 5.75 Å². The predicted octanol–water partition coefficient (Wildman–Crippen LogP) is 4.55. The number of hydrogen-bond donors (Lipinski definition) is 0. The van der Waals surface area contributed by atoms with Crippen molar-refractivity contribution in [1.82, 2.24) is 4.57 Å². The van der Waals surface area contributed by atoms with Crippen LogP contribution >= 0.6 is 0 Å². The molecule has 0 aliphatic carbocycles. The van der Waals surface area contributed by atoms with E-state index in [9.17, 15) is 0 Å². The lowest BCUT2D eigenvalue weighted by Gasteiger charge is -2.22. The molecule has 0 bridgehead atoms. The van der Waals surface area contributed by atoms with E-state index in [0.29, 0.717) is 17.2 Å². The fourth-order valence-electron chi connectivity index (χ4n) is 3.70. The first-order valence-corrected chi connectivity index (χ1v) is 8.97. The van der Waals surface area contributed by atoms with Crippen molar-refractivity contribution in [3.05, 3.63) is 54.2 Å². The Balaban J connectivity index is 1.75. The fraction of sp³-hybridized carbons (Fsp3) is 0.273. The van der Waals surface area contributed by atoms with Gasteiger partial charge in [0.25, 0.3) is 0 Å².